The number of hydrogen-bond donors (Lipinski definition) is 1. The van der Waals surface area contributed by atoms with Gasteiger partial charge in [-0.1, -0.05) is 54.2 Å². The van der Waals surface area contributed by atoms with Crippen molar-refractivity contribution in [2.45, 2.75) is 18.6 Å². The summed E-state index contributed by atoms with van der Waals surface area (Å²) in [6.45, 7) is 2.70. The minimum absolute atomic E-state index is 0.146. The van der Waals surface area contributed by atoms with E-state index >= 15 is 0 Å². The van der Waals surface area contributed by atoms with Crippen LogP contribution in [0.3, 0.4) is 0 Å². The fraction of sp³-hybridized carbons (Fsp3) is 0.158. The molecular formula is C19H18FN5OS. The Hall–Kier alpha value is -3.00. The molecule has 0 atom stereocenters. The number of hydrogen-bond acceptors (Lipinski definition) is 5. The van der Waals surface area contributed by atoms with Gasteiger partial charge in [-0.3, -0.25) is 4.79 Å². The number of hydrazone groups is 1. The third-order valence-electron chi connectivity index (χ3n) is 3.65. The number of benzene rings is 2. The molecule has 0 fully saturated rings. The van der Waals surface area contributed by atoms with Gasteiger partial charge in [0.25, 0.3) is 5.91 Å². The van der Waals surface area contributed by atoms with Gasteiger partial charge in [0, 0.05) is 12.1 Å². The number of nitrogens with one attached hydrogen (secondary N) is 1. The summed E-state index contributed by atoms with van der Waals surface area (Å²) in [6.07, 6.45) is 1.40. The average molecular weight is 383 g/mol. The van der Waals surface area contributed by atoms with Crippen LogP contribution in [0.4, 0.5) is 4.39 Å². The molecule has 8 heteroatoms. The number of nitrogens with zero attached hydrogens (tertiary/aromatic N) is 4. The van der Waals surface area contributed by atoms with Gasteiger partial charge in [0.1, 0.15) is 5.82 Å². The number of aromatic nitrogens is 3. The largest absolute Gasteiger partial charge is 0.302 e. The number of rotatable bonds is 7. The molecule has 0 radical (unpaired) electrons. The molecule has 0 aliphatic heterocycles. The van der Waals surface area contributed by atoms with Crippen LogP contribution in [0.1, 0.15) is 12.5 Å². The molecule has 0 saturated heterocycles. The summed E-state index contributed by atoms with van der Waals surface area (Å²) in [5.74, 6) is 0.284. The Kier molecular flexibility index (Phi) is 6.32. The minimum Gasteiger partial charge on any atom is -0.302 e. The van der Waals surface area contributed by atoms with Gasteiger partial charge in [0.2, 0.25) is 0 Å². The highest BCUT2D eigenvalue weighted by Crippen LogP contribution is 2.23. The van der Waals surface area contributed by atoms with E-state index in [1.54, 1.807) is 12.1 Å². The molecule has 3 aromatic rings. The average Bonchev–Trinajstić information content (AvgIpc) is 3.10. The number of carbonyl (C=O) groups is 1. The second kappa shape index (κ2) is 9.09. The Morgan fingerprint density at radius 2 is 2.04 bits per heavy atom. The SMILES string of the molecule is CCn1c(SCC(=O)N/N=C/c2cccc(F)c2)nnc1-c1ccccc1. The summed E-state index contributed by atoms with van der Waals surface area (Å²) in [5, 5.41) is 12.9. The van der Waals surface area contributed by atoms with Crippen molar-refractivity contribution in [2.75, 3.05) is 5.75 Å². The van der Waals surface area contributed by atoms with Crippen LogP contribution in [-0.4, -0.2) is 32.6 Å². The van der Waals surface area contributed by atoms with Gasteiger partial charge in [0.15, 0.2) is 11.0 Å². The molecule has 0 bridgehead atoms. The third-order valence-corrected chi connectivity index (χ3v) is 4.62. The van der Waals surface area contributed by atoms with Gasteiger partial charge in [-0.05, 0) is 24.6 Å². The second-order valence-electron chi connectivity index (χ2n) is 5.55. The van der Waals surface area contributed by atoms with E-state index in [1.807, 2.05) is 41.8 Å². The van der Waals surface area contributed by atoms with Gasteiger partial charge >= 0.3 is 0 Å². The van der Waals surface area contributed by atoms with Crippen molar-refractivity contribution in [1.29, 1.82) is 0 Å². The quantitative estimate of drug-likeness (QED) is 0.386. The maximum absolute atomic E-state index is 13.1. The molecular weight excluding hydrogens is 365 g/mol. The van der Waals surface area contributed by atoms with Crippen LogP contribution in [0.2, 0.25) is 0 Å². The zero-order valence-electron chi connectivity index (χ0n) is 14.7. The molecule has 1 N–H and O–H groups in total. The summed E-state index contributed by atoms with van der Waals surface area (Å²) >= 11 is 1.29. The molecule has 3 rings (SSSR count). The minimum atomic E-state index is -0.353. The number of halogens is 1. The molecule has 0 spiro atoms. The monoisotopic (exact) mass is 383 g/mol. The van der Waals surface area contributed by atoms with E-state index < -0.39 is 0 Å². The van der Waals surface area contributed by atoms with E-state index in [-0.39, 0.29) is 17.5 Å². The fourth-order valence-corrected chi connectivity index (χ4v) is 3.20. The van der Waals surface area contributed by atoms with Crippen LogP contribution in [0.15, 0.2) is 64.9 Å². The van der Waals surface area contributed by atoms with Gasteiger partial charge in [-0.2, -0.15) is 5.10 Å². The first-order chi connectivity index (χ1) is 13.2. The molecule has 2 aromatic carbocycles. The van der Waals surface area contributed by atoms with Crippen molar-refractivity contribution in [2.24, 2.45) is 5.10 Å². The van der Waals surface area contributed by atoms with Crippen molar-refractivity contribution in [3.8, 4) is 11.4 Å². The van der Waals surface area contributed by atoms with Crippen molar-refractivity contribution in [3.63, 3.8) is 0 Å². The van der Waals surface area contributed by atoms with Gasteiger partial charge in [-0.25, -0.2) is 9.82 Å². The summed E-state index contributed by atoms with van der Waals surface area (Å²) < 4.78 is 15.1. The summed E-state index contributed by atoms with van der Waals surface area (Å²) in [4.78, 5) is 12.0. The molecule has 1 amide bonds. The molecule has 27 heavy (non-hydrogen) atoms. The first-order valence-electron chi connectivity index (χ1n) is 8.36. The van der Waals surface area contributed by atoms with Crippen LogP contribution in [-0.2, 0) is 11.3 Å². The molecule has 138 valence electrons. The molecule has 6 nitrogen and oxygen atoms in total. The Morgan fingerprint density at radius 1 is 1.22 bits per heavy atom. The maximum Gasteiger partial charge on any atom is 0.250 e. The lowest BCUT2D eigenvalue weighted by Gasteiger charge is -2.06. The van der Waals surface area contributed by atoms with Crippen LogP contribution in [0, 0.1) is 5.82 Å². The summed E-state index contributed by atoms with van der Waals surface area (Å²) in [7, 11) is 0. The molecule has 1 heterocycles. The van der Waals surface area contributed by atoms with Crippen molar-refractivity contribution in [1.82, 2.24) is 20.2 Å². The maximum atomic E-state index is 13.1. The number of thioether (sulfide) groups is 1. The Morgan fingerprint density at radius 3 is 2.78 bits per heavy atom. The zero-order valence-corrected chi connectivity index (χ0v) is 15.5. The van der Waals surface area contributed by atoms with Crippen LogP contribution in [0.5, 0.6) is 0 Å². The zero-order chi connectivity index (χ0) is 19.1. The van der Waals surface area contributed by atoms with E-state index in [0.29, 0.717) is 17.3 Å². The first-order valence-corrected chi connectivity index (χ1v) is 9.35. The van der Waals surface area contributed by atoms with Crippen molar-refractivity contribution in [3.05, 3.63) is 66.0 Å². The van der Waals surface area contributed by atoms with E-state index in [9.17, 15) is 9.18 Å². The number of amides is 1. The smallest absolute Gasteiger partial charge is 0.250 e. The van der Waals surface area contributed by atoms with E-state index in [4.69, 9.17) is 0 Å². The molecule has 0 saturated carbocycles. The normalized spacial score (nSPS) is 11.0. The summed E-state index contributed by atoms with van der Waals surface area (Å²) in [6, 6.07) is 15.7. The van der Waals surface area contributed by atoms with Gasteiger partial charge < -0.3 is 4.57 Å². The van der Waals surface area contributed by atoms with Crippen molar-refractivity contribution >= 4 is 23.9 Å². The highest BCUT2D eigenvalue weighted by Gasteiger charge is 2.14. The molecule has 0 aliphatic carbocycles. The van der Waals surface area contributed by atoms with E-state index in [2.05, 4.69) is 20.7 Å². The standard InChI is InChI=1S/C19H18FN5OS/c1-2-25-18(15-8-4-3-5-9-15)23-24-19(25)27-13-17(26)22-21-12-14-7-6-10-16(20)11-14/h3-12H,2,13H2,1H3,(H,22,26)/b21-12+. The highest BCUT2D eigenvalue weighted by atomic mass is 32.2. The van der Waals surface area contributed by atoms with Gasteiger partial charge in [-0.15, -0.1) is 10.2 Å². The number of carbonyl (C=O) groups excluding carboxylic acids is 1. The molecule has 0 unspecified atom stereocenters. The molecule has 1 aromatic heterocycles. The second-order valence-corrected chi connectivity index (χ2v) is 6.50. The van der Waals surface area contributed by atoms with Crippen LogP contribution < -0.4 is 5.43 Å². The summed E-state index contributed by atoms with van der Waals surface area (Å²) in [5.41, 5.74) is 3.97. The lowest BCUT2D eigenvalue weighted by atomic mass is 10.2. The Labute approximate surface area is 160 Å². The highest BCUT2D eigenvalue weighted by molar-refractivity contribution is 7.99. The van der Waals surface area contributed by atoms with Crippen LogP contribution >= 0.6 is 11.8 Å². The lowest BCUT2D eigenvalue weighted by molar-refractivity contribution is -0.118. The van der Waals surface area contributed by atoms with E-state index in [1.165, 1.54) is 30.1 Å². The van der Waals surface area contributed by atoms with Crippen LogP contribution in [0.25, 0.3) is 11.4 Å². The topological polar surface area (TPSA) is 72.2 Å². The predicted octanol–water partition coefficient (Wildman–Crippen LogP) is 3.35. The Bertz CT molecular complexity index is 942. The Balaban J connectivity index is 1.58. The molecule has 0 aliphatic rings. The lowest BCUT2D eigenvalue weighted by Crippen LogP contribution is -2.20. The van der Waals surface area contributed by atoms with E-state index in [0.717, 1.165) is 11.4 Å². The van der Waals surface area contributed by atoms with Gasteiger partial charge in [0.05, 0.1) is 12.0 Å². The fourth-order valence-electron chi connectivity index (χ4n) is 2.41. The van der Waals surface area contributed by atoms with Crippen molar-refractivity contribution < 1.29 is 9.18 Å². The first kappa shape index (κ1) is 18.8. The third kappa shape index (κ3) is 5.01. The predicted molar refractivity (Wildman–Crippen MR) is 104 cm³/mol.